The number of carbonyl (C=O) groups excluding carboxylic acids is 1. The van der Waals surface area contributed by atoms with Crippen molar-refractivity contribution in [3.8, 4) is 17.1 Å². The first-order valence-corrected chi connectivity index (χ1v) is 8.38. The third-order valence-corrected chi connectivity index (χ3v) is 4.03. The van der Waals surface area contributed by atoms with Crippen LogP contribution in [-0.4, -0.2) is 37.6 Å². The summed E-state index contributed by atoms with van der Waals surface area (Å²) in [5.41, 5.74) is 2.46. The van der Waals surface area contributed by atoms with Crippen molar-refractivity contribution in [1.29, 1.82) is 0 Å². The van der Waals surface area contributed by atoms with Crippen LogP contribution in [-0.2, 0) is 11.2 Å². The molecule has 9 heteroatoms. The van der Waals surface area contributed by atoms with Gasteiger partial charge in [0.2, 0.25) is 5.91 Å². The normalized spacial score (nSPS) is 10.8. The lowest BCUT2D eigenvalue weighted by molar-refractivity contribution is -0.115. The van der Waals surface area contributed by atoms with Gasteiger partial charge in [0.15, 0.2) is 11.5 Å². The number of hydrogen-bond acceptors (Lipinski definition) is 6. The van der Waals surface area contributed by atoms with Crippen LogP contribution in [0.4, 0.5) is 10.2 Å². The van der Waals surface area contributed by atoms with E-state index in [-0.39, 0.29) is 24.2 Å². The van der Waals surface area contributed by atoms with Crippen LogP contribution in [0.3, 0.4) is 0 Å². The molecule has 3 heterocycles. The number of aromatic nitrogens is 5. The molecular formula is C19H15FN6O2. The van der Waals surface area contributed by atoms with E-state index >= 15 is 0 Å². The van der Waals surface area contributed by atoms with E-state index in [4.69, 9.17) is 4.74 Å². The van der Waals surface area contributed by atoms with E-state index < -0.39 is 0 Å². The highest BCUT2D eigenvalue weighted by Gasteiger charge is 2.19. The predicted octanol–water partition coefficient (Wildman–Crippen LogP) is 2.52. The lowest BCUT2D eigenvalue weighted by Gasteiger charge is -2.06. The third-order valence-electron chi connectivity index (χ3n) is 4.03. The van der Waals surface area contributed by atoms with E-state index in [1.807, 2.05) is 0 Å². The van der Waals surface area contributed by atoms with Crippen LogP contribution in [0.1, 0.15) is 5.56 Å². The topological polar surface area (TPSA) is 94.3 Å². The highest BCUT2D eigenvalue weighted by atomic mass is 19.1. The summed E-state index contributed by atoms with van der Waals surface area (Å²) in [5, 5.41) is 7.20. The molecule has 0 atom stereocenters. The van der Waals surface area contributed by atoms with E-state index in [0.29, 0.717) is 28.2 Å². The molecule has 0 saturated carbocycles. The molecule has 8 nitrogen and oxygen atoms in total. The molecule has 0 aliphatic heterocycles. The lowest BCUT2D eigenvalue weighted by Crippen LogP contribution is -2.15. The van der Waals surface area contributed by atoms with Gasteiger partial charge in [0, 0.05) is 30.4 Å². The Morgan fingerprint density at radius 1 is 1.18 bits per heavy atom. The summed E-state index contributed by atoms with van der Waals surface area (Å²) in [6.07, 6.45) is 6.60. The molecule has 0 unspecified atom stereocenters. The number of halogens is 1. The Balaban J connectivity index is 1.67. The number of carbonyl (C=O) groups is 1. The van der Waals surface area contributed by atoms with Gasteiger partial charge in [-0.1, -0.05) is 12.1 Å². The van der Waals surface area contributed by atoms with Gasteiger partial charge in [-0.3, -0.25) is 4.79 Å². The van der Waals surface area contributed by atoms with Crippen molar-refractivity contribution in [2.75, 3.05) is 12.4 Å². The maximum atomic E-state index is 13.0. The maximum Gasteiger partial charge on any atom is 0.316 e. The van der Waals surface area contributed by atoms with Gasteiger partial charge in [-0.25, -0.2) is 23.9 Å². The lowest BCUT2D eigenvalue weighted by atomic mass is 10.1. The van der Waals surface area contributed by atoms with Crippen molar-refractivity contribution in [2.24, 2.45) is 0 Å². The van der Waals surface area contributed by atoms with Gasteiger partial charge in [0.25, 0.3) is 0 Å². The molecule has 1 aromatic carbocycles. The second-order valence-electron chi connectivity index (χ2n) is 5.92. The fraction of sp³-hybridized carbons (Fsp3) is 0.105. The Kier molecular flexibility index (Phi) is 4.63. The van der Waals surface area contributed by atoms with Gasteiger partial charge in [0.1, 0.15) is 5.82 Å². The van der Waals surface area contributed by atoms with Crippen molar-refractivity contribution >= 4 is 17.4 Å². The van der Waals surface area contributed by atoms with Gasteiger partial charge >= 0.3 is 6.01 Å². The number of amides is 1. The van der Waals surface area contributed by atoms with Crippen molar-refractivity contribution in [3.05, 3.63) is 66.5 Å². The van der Waals surface area contributed by atoms with Crippen LogP contribution >= 0.6 is 0 Å². The number of anilines is 1. The van der Waals surface area contributed by atoms with E-state index in [1.54, 1.807) is 47.5 Å². The second kappa shape index (κ2) is 7.39. The van der Waals surface area contributed by atoms with Crippen LogP contribution in [0.5, 0.6) is 6.01 Å². The molecule has 1 amide bonds. The number of rotatable bonds is 5. The van der Waals surface area contributed by atoms with E-state index in [1.165, 1.54) is 19.2 Å². The molecule has 0 radical (unpaired) electrons. The molecule has 1 N–H and O–H groups in total. The fourth-order valence-corrected chi connectivity index (χ4v) is 2.75. The molecule has 0 spiro atoms. The molecule has 0 aliphatic rings. The first-order valence-electron chi connectivity index (χ1n) is 8.38. The zero-order valence-electron chi connectivity index (χ0n) is 14.8. The third kappa shape index (κ3) is 3.50. The summed E-state index contributed by atoms with van der Waals surface area (Å²) < 4.78 is 19.6. The Morgan fingerprint density at radius 3 is 2.64 bits per heavy atom. The van der Waals surface area contributed by atoms with E-state index in [9.17, 15) is 9.18 Å². The minimum atomic E-state index is -0.350. The Hall–Kier alpha value is -3.88. The smallest absolute Gasteiger partial charge is 0.316 e. The first-order chi connectivity index (χ1) is 13.6. The molecule has 140 valence electrons. The van der Waals surface area contributed by atoms with Gasteiger partial charge < -0.3 is 10.1 Å². The van der Waals surface area contributed by atoms with Gasteiger partial charge in [-0.2, -0.15) is 0 Å². The summed E-state index contributed by atoms with van der Waals surface area (Å²) in [6, 6.07) is 7.74. The highest BCUT2D eigenvalue weighted by Crippen LogP contribution is 2.30. The molecule has 0 bridgehead atoms. The van der Waals surface area contributed by atoms with Crippen molar-refractivity contribution in [1.82, 2.24) is 24.6 Å². The number of nitrogens with one attached hydrogen (secondary N) is 1. The zero-order chi connectivity index (χ0) is 19.5. The van der Waals surface area contributed by atoms with Gasteiger partial charge in [0.05, 0.1) is 19.1 Å². The van der Waals surface area contributed by atoms with Crippen LogP contribution in [0.2, 0.25) is 0 Å². The van der Waals surface area contributed by atoms with E-state index in [2.05, 4.69) is 25.4 Å². The standard InChI is InChI=1S/C19H15FN6O2/c1-28-19-22-10-13(11-23-19)16-17(25-26-8-2-7-21-18(16)26)24-15(27)9-12-3-5-14(20)6-4-12/h2-8,10-11H,9H2,1H3,(H,24,25,27). The number of ether oxygens (including phenoxy) is 1. The summed E-state index contributed by atoms with van der Waals surface area (Å²) >= 11 is 0. The van der Waals surface area contributed by atoms with Crippen LogP contribution in [0, 0.1) is 5.82 Å². The zero-order valence-corrected chi connectivity index (χ0v) is 14.8. The first kappa shape index (κ1) is 17.5. The van der Waals surface area contributed by atoms with Gasteiger partial charge in [-0.15, -0.1) is 5.10 Å². The average Bonchev–Trinajstić information content (AvgIpc) is 3.07. The second-order valence-corrected chi connectivity index (χ2v) is 5.92. The minimum Gasteiger partial charge on any atom is -0.467 e. The summed E-state index contributed by atoms with van der Waals surface area (Å²) in [6.45, 7) is 0. The quantitative estimate of drug-likeness (QED) is 0.573. The SMILES string of the molecule is COc1ncc(-c2c(NC(=O)Cc3ccc(F)cc3)nn3cccnc23)cn1. The van der Waals surface area contributed by atoms with Crippen LogP contribution in [0.15, 0.2) is 55.1 Å². The molecule has 4 rings (SSSR count). The maximum absolute atomic E-state index is 13.0. The van der Waals surface area contributed by atoms with Crippen LogP contribution < -0.4 is 10.1 Å². The highest BCUT2D eigenvalue weighted by molar-refractivity contribution is 5.98. The van der Waals surface area contributed by atoms with E-state index in [0.717, 1.165) is 0 Å². The number of nitrogens with zero attached hydrogens (tertiary/aromatic N) is 5. The summed E-state index contributed by atoms with van der Waals surface area (Å²) in [5.74, 6) is -0.303. The summed E-state index contributed by atoms with van der Waals surface area (Å²) in [7, 11) is 1.48. The Labute approximate surface area is 159 Å². The Morgan fingerprint density at radius 2 is 1.93 bits per heavy atom. The monoisotopic (exact) mass is 378 g/mol. The molecule has 0 saturated heterocycles. The minimum absolute atomic E-state index is 0.0835. The molecule has 4 aromatic rings. The molecular weight excluding hydrogens is 363 g/mol. The summed E-state index contributed by atoms with van der Waals surface area (Å²) in [4.78, 5) is 25.1. The molecule has 0 aliphatic carbocycles. The molecule has 28 heavy (non-hydrogen) atoms. The van der Waals surface area contributed by atoms with Crippen molar-refractivity contribution in [2.45, 2.75) is 6.42 Å². The van der Waals surface area contributed by atoms with Crippen molar-refractivity contribution in [3.63, 3.8) is 0 Å². The predicted molar refractivity (Wildman–Crippen MR) is 99.3 cm³/mol. The number of hydrogen-bond donors (Lipinski definition) is 1. The van der Waals surface area contributed by atoms with Crippen LogP contribution in [0.25, 0.3) is 16.8 Å². The van der Waals surface area contributed by atoms with Crippen molar-refractivity contribution < 1.29 is 13.9 Å². The number of methoxy groups -OCH3 is 1. The largest absolute Gasteiger partial charge is 0.467 e. The number of benzene rings is 1. The molecule has 3 aromatic heterocycles. The Bertz CT molecular complexity index is 1130. The van der Waals surface area contributed by atoms with Gasteiger partial charge in [-0.05, 0) is 23.8 Å². The average molecular weight is 378 g/mol. The fourth-order valence-electron chi connectivity index (χ4n) is 2.75. The number of fused-ring (bicyclic) bond motifs is 1. The molecule has 0 fully saturated rings.